The summed E-state index contributed by atoms with van der Waals surface area (Å²) in [4.78, 5) is 42.5. The Morgan fingerprint density at radius 1 is 1.18 bits per heavy atom. The van der Waals surface area contributed by atoms with Crippen LogP contribution in [0.15, 0.2) is 24.3 Å². The number of thioether (sulfide) groups is 1. The second kappa shape index (κ2) is 7.10. The molecule has 0 aromatic heterocycles. The van der Waals surface area contributed by atoms with Gasteiger partial charge < -0.3 is 15.1 Å². The summed E-state index contributed by atoms with van der Waals surface area (Å²) in [6.07, 6.45) is 3.18. The van der Waals surface area contributed by atoms with Gasteiger partial charge in [0.25, 0.3) is 5.91 Å². The molecule has 6 nitrogen and oxygen atoms in total. The van der Waals surface area contributed by atoms with Crippen molar-refractivity contribution in [1.82, 2.24) is 15.1 Å². The van der Waals surface area contributed by atoms with Gasteiger partial charge in [-0.05, 0) is 51.7 Å². The molecule has 3 aliphatic heterocycles. The van der Waals surface area contributed by atoms with Gasteiger partial charge >= 0.3 is 0 Å². The molecule has 28 heavy (non-hydrogen) atoms. The molecule has 2 fully saturated rings. The number of fused-ring (bicyclic) bond motifs is 3. The minimum absolute atomic E-state index is 0.0379. The molecule has 0 spiro atoms. The van der Waals surface area contributed by atoms with Crippen molar-refractivity contribution in [3.8, 4) is 0 Å². The number of nitrogens with one attached hydrogen (secondary N) is 1. The number of carbonyl (C=O) groups is 3. The average molecular weight is 402 g/mol. The third-order valence-electron chi connectivity index (χ3n) is 5.94. The molecule has 0 unspecified atom stereocenters. The number of amides is 3. The second-order valence-electron chi connectivity index (χ2n) is 8.39. The molecular weight excluding hydrogens is 374 g/mol. The summed E-state index contributed by atoms with van der Waals surface area (Å²) >= 11 is 1.63. The van der Waals surface area contributed by atoms with Gasteiger partial charge in [0, 0.05) is 23.4 Å². The molecule has 150 valence electrons. The number of benzene rings is 1. The van der Waals surface area contributed by atoms with Crippen LogP contribution in [-0.2, 0) is 9.59 Å². The molecule has 0 saturated carbocycles. The van der Waals surface area contributed by atoms with E-state index in [0.717, 1.165) is 37.9 Å². The zero-order chi connectivity index (χ0) is 20.1. The van der Waals surface area contributed by atoms with Gasteiger partial charge in [-0.2, -0.15) is 0 Å². The fourth-order valence-electron chi connectivity index (χ4n) is 4.55. The van der Waals surface area contributed by atoms with Crippen LogP contribution in [0.5, 0.6) is 0 Å². The van der Waals surface area contributed by atoms with Crippen LogP contribution >= 0.6 is 11.8 Å². The Labute approximate surface area is 170 Å². The highest BCUT2D eigenvalue weighted by atomic mass is 32.2. The average Bonchev–Trinajstić information content (AvgIpc) is 3.11. The van der Waals surface area contributed by atoms with Crippen LogP contribution in [0.25, 0.3) is 0 Å². The summed E-state index contributed by atoms with van der Waals surface area (Å²) in [5.74, 6) is -0.392. The van der Waals surface area contributed by atoms with Crippen molar-refractivity contribution >= 4 is 29.5 Å². The SMILES string of the molecule is C[C@H](NC(=O)[C@H]1N2C(=O)c3ccccc3[C@@H]2SC1(C)C)C(=O)N1CCCCC1. The molecule has 1 aromatic carbocycles. The summed E-state index contributed by atoms with van der Waals surface area (Å²) in [7, 11) is 0. The first kappa shape index (κ1) is 19.3. The quantitative estimate of drug-likeness (QED) is 0.845. The maximum atomic E-state index is 13.2. The largest absolute Gasteiger partial charge is 0.343 e. The Bertz CT molecular complexity index is 819. The molecule has 0 aliphatic carbocycles. The molecule has 4 rings (SSSR count). The van der Waals surface area contributed by atoms with E-state index < -0.39 is 16.8 Å². The van der Waals surface area contributed by atoms with E-state index in [0.29, 0.717) is 5.56 Å². The third-order valence-corrected chi connectivity index (χ3v) is 7.48. The van der Waals surface area contributed by atoms with Gasteiger partial charge in [0.2, 0.25) is 11.8 Å². The molecule has 3 aliphatic rings. The van der Waals surface area contributed by atoms with Crippen LogP contribution < -0.4 is 5.32 Å². The standard InChI is InChI=1S/C21H27N3O3S/c1-13(18(26)23-11-7-4-8-12-23)22-17(25)16-21(2,3)28-20-15-10-6-5-9-14(15)19(27)24(16)20/h5-6,9-10,13,16,20H,4,7-8,11-12H2,1-3H3,(H,22,25)/t13-,16+,20-/m0/s1. The van der Waals surface area contributed by atoms with Gasteiger partial charge in [0.1, 0.15) is 17.5 Å². The first-order valence-electron chi connectivity index (χ1n) is 10.00. The van der Waals surface area contributed by atoms with Crippen LogP contribution in [0.3, 0.4) is 0 Å². The van der Waals surface area contributed by atoms with Crippen molar-refractivity contribution < 1.29 is 14.4 Å². The number of carbonyl (C=O) groups excluding carboxylic acids is 3. The molecule has 1 N–H and O–H groups in total. The minimum Gasteiger partial charge on any atom is -0.343 e. The smallest absolute Gasteiger partial charge is 0.256 e. The predicted octanol–water partition coefficient (Wildman–Crippen LogP) is 2.55. The Morgan fingerprint density at radius 2 is 1.86 bits per heavy atom. The number of rotatable bonds is 3. The lowest BCUT2D eigenvalue weighted by atomic mass is 10.00. The molecular formula is C21H27N3O3S. The van der Waals surface area contributed by atoms with E-state index in [1.165, 1.54) is 0 Å². The summed E-state index contributed by atoms with van der Waals surface area (Å²) in [5.41, 5.74) is 1.64. The van der Waals surface area contributed by atoms with Crippen molar-refractivity contribution in [2.45, 2.75) is 62.2 Å². The fraction of sp³-hybridized carbons (Fsp3) is 0.571. The summed E-state index contributed by atoms with van der Waals surface area (Å²) < 4.78 is -0.439. The van der Waals surface area contributed by atoms with Crippen LogP contribution in [0.4, 0.5) is 0 Å². The molecule has 2 saturated heterocycles. The second-order valence-corrected chi connectivity index (χ2v) is 10.1. The number of nitrogens with zero attached hydrogens (tertiary/aromatic N) is 2. The minimum atomic E-state index is -0.612. The van der Waals surface area contributed by atoms with Crippen LogP contribution in [-0.4, -0.2) is 57.4 Å². The highest BCUT2D eigenvalue weighted by Crippen LogP contribution is 2.56. The Kier molecular flexibility index (Phi) is 4.89. The van der Waals surface area contributed by atoms with Crippen molar-refractivity contribution in [3.63, 3.8) is 0 Å². The fourth-order valence-corrected chi connectivity index (χ4v) is 6.14. The summed E-state index contributed by atoms with van der Waals surface area (Å²) in [6, 6.07) is 6.36. The highest BCUT2D eigenvalue weighted by molar-refractivity contribution is 8.01. The van der Waals surface area contributed by atoms with E-state index in [9.17, 15) is 14.4 Å². The normalized spacial score (nSPS) is 26.6. The maximum absolute atomic E-state index is 13.2. The monoisotopic (exact) mass is 401 g/mol. The van der Waals surface area contributed by atoms with E-state index in [1.807, 2.05) is 43.0 Å². The molecule has 1 aromatic rings. The predicted molar refractivity (Wildman–Crippen MR) is 109 cm³/mol. The van der Waals surface area contributed by atoms with E-state index >= 15 is 0 Å². The number of hydrogen-bond donors (Lipinski definition) is 1. The lowest BCUT2D eigenvalue weighted by Gasteiger charge is -2.32. The van der Waals surface area contributed by atoms with E-state index in [1.54, 1.807) is 23.6 Å². The highest BCUT2D eigenvalue weighted by Gasteiger charge is 2.57. The first-order valence-corrected chi connectivity index (χ1v) is 10.9. The van der Waals surface area contributed by atoms with Crippen LogP contribution in [0, 0.1) is 0 Å². The Morgan fingerprint density at radius 3 is 2.57 bits per heavy atom. The van der Waals surface area contributed by atoms with Crippen molar-refractivity contribution in [3.05, 3.63) is 35.4 Å². The van der Waals surface area contributed by atoms with E-state index in [-0.39, 0.29) is 23.1 Å². The van der Waals surface area contributed by atoms with Gasteiger partial charge in [-0.3, -0.25) is 14.4 Å². The van der Waals surface area contributed by atoms with E-state index in [2.05, 4.69) is 5.32 Å². The Balaban J connectivity index is 1.52. The molecule has 0 radical (unpaired) electrons. The van der Waals surface area contributed by atoms with E-state index in [4.69, 9.17) is 0 Å². The third kappa shape index (κ3) is 3.09. The first-order chi connectivity index (χ1) is 13.3. The molecule has 3 atom stereocenters. The topological polar surface area (TPSA) is 69.7 Å². The lowest BCUT2D eigenvalue weighted by Crippen LogP contribution is -2.57. The summed E-state index contributed by atoms with van der Waals surface area (Å²) in [5, 5.41) is 2.75. The molecule has 0 bridgehead atoms. The molecule has 3 amide bonds. The Hall–Kier alpha value is -2.02. The van der Waals surface area contributed by atoms with Crippen LogP contribution in [0.1, 0.15) is 61.3 Å². The van der Waals surface area contributed by atoms with Gasteiger partial charge in [-0.15, -0.1) is 11.8 Å². The molecule has 3 heterocycles. The van der Waals surface area contributed by atoms with Crippen molar-refractivity contribution in [1.29, 1.82) is 0 Å². The van der Waals surface area contributed by atoms with Gasteiger partial charge in [-0.25, -0.2) is 0 Å². The number of hydrogen-bond acceptors (Lipinski definition) is 4. The lowest BCUT2D eigenvalue weighted by molar-refractivity contribution is -0.138. The zero-order valence-electron chi connectivity index (χ0n) is 16.6. The van der Waals surface area contributed by atoms with Crippen molar-refractivity contribution in [2.24, 2.45) is 0 Å². The van der Waals surface area contributed by atoms with Crippen LogP contribution in [0.2, 0.25) is 0 Å². The molecule has 7 heteroatoms. The zero-order valence-corrected chi connectivity index (χ0v) is 17.4. The maximum Gasteiger partial charge on any atom is 0.256 e. The van der Waals surface area contributed by atoms with Gasteiger partial charge in [0.15, 0.2) is 0 Å². The van der Waals surface area contributed by atoms with Gasteiger partial charge in [-0.1, -0.05) is 18.2 Å². The summed E-state index contributed by atoms with van der Waals surface area (Å²) in [6.45, 7) is 7.24. The number of piperidine rings is 1. The number of likely N-dealkylation sites (tertiary alicyclic amines) is 1. The van der Waals surface area contributed by atoms with Gasteiger partial charge in [0.05, 0.1) is 0 Å². The van der Waals surface area contributed by atoms with Crippen molar-refractivity contribution in [2.75, 3.05) is 13.1 Å².